The average Bonchev–Trinajstić information content (AvgIpc) is 3.53. The molecule has 35 heavy (non-hydrogen) atoms. The molecule has 0 N–H and O–H groups in total. The van der Waals surface area contributed by atoms with E-state index in [9.17, 15) is 13.2 Å². The van der Waals surface area contributed by atoms with E-state index in [4.69, 9.17) is 23.2 Å². The van der Waals surface area contributed by atoms with Gasteiger partial charge >= 0.3 is 0 Å². The van der Waals surface area contributed by atoms with Crippen LogP contribution in [-0.4, -0.2) is 35.8 Å². The number of rotatable bonds is 6. The molecule has 0 saturated carbocycles. The standard InChI is InChI=1S/C24H16Cl2N4O3S2/c1-29(35(32,33)22-8-7-16(25)13-19(22)26)17-5-2-4-15(12-17)20-9-10-27-24-18(14-28-30(20)24)23(31)21-6-3-11-34-21/h2-14H,1H3. The van der Waals surface area contributed by atoms with Crippen molar-refractivity contribution in [1.82, 2.24) is 14.6 Å². The van der Waals surface area contributed by atoms with E-state index in [2.05, 4.69) is 10.1 Å². The molecule has 0 radical (unpaired) electrons. The quantitative estimate of drug-likeness (QED) is 0.252. The molecule has 0 aliphatic heterocycles. The first-order valence-electron chi connectivity index (χ1n) is 10.2. The summed E-state index contributed by atoms with van der Waals surface area (Å²) in [7, 11) is -2.50. The fourth-order valence-corrected chi connectivity index (χ4v) is 6.25. The van der Waals surface area contributed by atoms with Gasteiger partial charge in [-0.05, 0) is 47.8 Å². The van der Waals surface area contributed by atoms with E-state index in [1.165, 1.54) is 42.8 Å². The summed E-state index contributed by atoms with van der Waals surface area (Å²) in [5.41, 5.74) is 2.57. The number of halogens is 2. The second-order valence-electron chi connectivity index (χ2n) is 7.53. The van der Waals surface area contributed by atoms with Crippen molar-refractivity contribution >= 4 is 61.7 Å². The van der Waals surface area contributed by atoms with Crippen molar-refractivity contribution in [3.63, 3.8) is 0 Å². The number of hydrogen-bond acceptors (Lipinski definition) is 6. The number of aromatic nitrogens is 3. The Balaban J connectivity index is 1.55. The van der Waals surface area contributed by atoms with Gasteiger partial charge in [0.15, 0.2) is 5.65 Å². The summed E-state index contributed by atoms with van der Waals surface area (Å²) in [4.78, 5) is 17.8. The van der Waals surface area contributed by atoms with Crippen molar-refractivity contribution in [2.45, 2.75) is 4.90 Å². The van der Waals surface area contributed by atoms with E-state index in [1.54, 1.807) is 41.0 Å². The molecule has 0 amide bonds. The summed E-state index contributed by atoms with van der Waals surface area (Å²) in [5, 5.41) is 6.61. The van der Waals surface area contributed by atoms with E-state index in [0.717, 1.165) is 4.31 Å². The van der Waals surface area contributed by atoms with Crippen molar-refractivity contribution in [1.29, 1.82) is 0 Å². The highest BCUT2D eigenvalue weighted by atomic mass is 35.5. The van der Waals surface area contributed by atoms with E-state index >= 15 is 0 Å². The van der Waals surface area contributed by atoms with E-state index in [-0.39, 0.29) is 15.7 Å². The Morgan fingerprint density at radius 3 is 2.63 bits per heavy atom. The highest BCUT2D eigenvalue weighted by molar-refractivity contribution is 7.93. The maximum Gasteiger partial charge on any atom is 0.265 e. The van der Waals surface area contributed by atoms with Crippen LogP contribution in [0.5, 0.6) is 0 Å². The number of fused-ring (bicyclic) bond motifs is 1. The van der Waals surface area contributed by atoms with Gasteiger partial charge in [0.25, 0.3) is 10.0 Å². The third-order valence-corrected chi connectivity index (χ3v) is 8.80. The first-order valence-corrected chi connectivity index (χ1v) is 13.3. The van der Waals surface area contributed by atoms with E-state index in [0.29, 0.717) is 38.1 Å². The molecule has 0 saturated heterocycles. The highest BCUT2D eigenvalue weighted by Crippen LogP contribution is 2.32. The Morgan fingerprint density at radius 1 is 1.06 bits per heavy atom. The third kappa shape index (κ3) is 4.21. The molecular weight excluding hydrogens is 527 g/mol. The first-order chi connectivity index (χ1) is 16.8. The largest absolute Gasteiger partial charge is 0.287 e. The van der Waals surface area contributed by atoms with Crippen molar-refractivity contribution in [3.8, 4) is 11.3 Å². The predicted octanol–water partition coefficient (Wildman–Crippen LogP) is 5.82. The van der Waals surface area contributed by atoms with Crippen LogP contribution in [0.4, 0.5) is 5.69 Å². The Bertz CT molecular complexity index is 1680. The summed E-state index contributed by atoms with van der Waals surface area (Å²) in [6.07, 6.45) is 3.09. The molecule has 0 aliphatic rings. The van der Waals surface area contributed by atoms with Gasteiger partial charge in [-0.1, -0.05) is 41.4 Å². The van der Waals surface area contributed by atoms with Crippen LogP contribution in [0.1, 0.15) is 15.2 Å². The zero-order chi connectivity index (χ0) is 24.7. The molecule has 0 atom stereocenters. The Morgan fingerprint density at radius 2 is 1.89 bits per heavy atom. The number of nitrogens with zero attached hydrogens (tertiary/aromatic N) is 4. The zero-order valence-corrected chi connectivity index (χ0v) is 21.2. The highest BCUT2D eigenvalue weighted by Gasteiger charge is 2.25. The molecule has 0 bridgehead atoms. The summed E-state index contributed by atoms with van der Waals surface area (Å²) < 4.78 is 29.2. The molecule has 3 aromatic heterocycles. The number of hydrogen-bond donors (Lipinski definition) is 0. The Labute approximate surface area is 215 Å². The third-order valence-electron chi connectivity index (χ3n) is 5.43. The van der Waals surface area contributed by atoms with Gasteiger partial charge in [0.2, 0.25) is 5.78 Å². The molecule has 11 heteroatoms. The maximum atomic E-state index is 13.3. The number of benzene rings is 2. The van der Waals surface area contributed by atoms with Crippen molar-refractivity contribution in [2.24, 2.45) is 0 Å². The number of carbonyl (C=O) groups excluding carboxylic acids is 1. The number of ketones is 1. The van der Waals surface area contributed by atoms with Gasteiger partial charge < -0.3 is 0 Å². The number of thiophene rings is 1. The average molecular weight is 543 g/mol. The van der Waals surface area contributed by atoms with E-state index < -0.39 is 10.0 Å². The molecule has 5 rings (SSSR count). The lowest BCUT2D eigenvalue weighted by Crippen LogP contribution is -2.26. The number of sulfonamides is 1. The molecule has 3 heterocycles. The summed E-state index contributed by atoms with van der Waals surface area (Å²) in [6, 6.07) is 16.5. The Hall–Kier alpha value is -3.24. The van der Waals surface area contributed by atoms with Gasteiger partial charge in [-0.25, -0.2) is 17.9 Å². The van der Waals surface area contributed by atoms with Crippen LogP contribution in [0.25, 0.3) is 16.9 Å². The van der Waals surface area contributed by atoms with Crippen LogP contribution in [0.2, 0.25) is 10.0 Å². The van der Waals surface area contributed by atoms with Crippen LogP contribution in [0.3, 0.4) is 0 Å². The van der Waals surface area contributed by atoms with Crippen LogP contribution < -0.4 is 4.31 Å². The minimum atomic E-state index is -3.95. The van der Waals surface area contributed by atoms with Gasteiger partial charge in [-0.2, -0.15) is 5.10 Å². The Kier molecular flexibility index (Phi) is 6.10. The van der Waals surface area contributed by atoms with Crippen LogP contribution in [0.15, 0.2) is 83.3 Å². The number of carbonyl (C=O) groups is 1. The summed E-state index contributed by atoms with van der Waals surface area (Å²) >= 11 is 13.4. The van der Waals surface area contributed by atoms with Crippen molar-refractivity contribution in [3.05, 3.63) is 98.9 Å². The lowest BCUT2D eigenvalue weighted by molar-refractivity contribution is 0.104. The number of anilines is 1. The predicted molar refractivity (Wildman–Crippen MR) is 138 cm³/mol. The second-order valence-corrected chi connectivity index (χ2v) is 11.3. The van der Waals surface area contributed by atoms with Crippen LogP contribution >= 0.6 is 34.5 Å². The molecule has 0 aliphatic carbocycles. The van der Waals surface area contributed by atoms with Crippen LogP contribution in [-0.2, 0) is 10.0 Å². The minimum absolute atomic E-state index is 0.0378. The van der Waals surface area contributed by atoms with Gasteiger partial charge in [0.05, 0.1) is 33.0 Å². The van der Waals surface area contributed by atoms with Crippen molar-refractivity contribution in [2.75, 3.05) is 11.4 Å². The van der Waals surface area contributed by atoms with Crippen molar-refractivity contribution < 1.29 is 13.2 Å². The van der Waals surface area contributed by atoms with Gasteiger partial charge in [-0.3, -0.25) is 9.10 Å². The molecule has 176 valence electrons. The molecule has 7 nitrogen and oxygen atoms in total. The molecule has 2 aromatic carbocycles. The lowest BCUT2D eigenvalue weighted by Gasteiger charge is -2.21. The first kappa shape index (κ1) is 23.5. The summed E-state index contributed by atoms with van der Waals surface area (Å²) in [6.45, 7) is 0. The van der Waals surface area contributed by atoms with Gasteiger partial charge in [0, 0.05) is 23.8 Å². The molecule has 0 spiro atoms. The summed E-state index contributed by atoms with van der Waals surface area (Å²) in [5.74, 6) is -0.154. The fourth-order valence-electron chi connectivity index (χ4n) is 3.64. The zero-order valence-electron chi connectivity index (χ0n) is 18.1. The van der Waals surface area contributed by atoms with Crippen LogP contribution in [0, 0.1) is 0 Å². The fraction of sp³-hybridized carbons (Fsp3) is 0.0417. The molecule has 0 fully saturated rings. The smallest absolute Gasteiger partial charge is 0.265 e. The molecule has 5 aromatic rings. The second kappa shape index (κ2) is 9.09. The molecular formula is C24H16Cl2N4O3S2. The molecule has 0 unspecified atom stereocenters. The topological polar surface area (TPSA) is 84.6 Å². The maximum absolute atomic E-state index is 13.3. The SMILES string of the molecule is CN(c1cccc(-c2ccnc3c(C(=O)c4cccs4)cnn23)c1)S(=O)(=O)c1ccc(Cl)cc1Cl. The monoisotopic (exact) mass is 542 g/mol. The van der Waals surface area contributed by atoms with E-state index in [1.807, 2.05) is 17.5 Å². The minimum Gasteiger partial charge on any atom is -0.287 e. The van der Waals surface area contributed by atoms with Gasteiger partial charge in [-0.15, -0.1) is 11.3 Å². The normalized spacial score (nSPS) is 11.6. The van der Waals surface area contributed by atoms with Gasteiger partial charge in [0.1, 0.15) is 4.90 Å². The lowest BCUT2D eigenvalue weighted by atomic mass is 10.1.